The summed E-state index contributed by atoms with van der Waals surface area (Å²) in [5.41, 5.74) is -11.1. The predicted octanol–water partition coefficient (Wildman–Crippen LogP) is 11.2. The molecule has 0 heterocycles. The monoisotopic (exact) mass is 818 g/mol. The van der Waals surface area contributed by atoms with Crippen molar-refractivity contribution in [3.63, 3.8) is 0 Å². The van der Waals surface area contributed by atoms with Gasteiger partial charge in [0.1, 0.15) is 34.8 Å². The van der Waals surface area contributed by atoms with Crippen LogP contribution >= 0.6 is 0 Å². The van der Waals surface area contributed by atoms with Crippen LogP contribution in [0.3, 0.4) is 0 Å². The minimum Gasteiger partial charge on any atom is -0.521 e. The van der Waals surface area contributed by atoms with Crippen molar-refractivity contribution in [3.05, 3.63) is 147 Å². The Kier molecular flexibility index (Phi) is 8.37. The summed E-state index contributed by atoms with van der Waals surface area (Å²) in [5, 5.41) is -6.60. The molecule has 1 aliphatic carbocycles. The summed E-state index contributed by atoms with van der Waals surface area (Å²) in [7, 11) is -3.35. The number of halogens is 17. The largest absolute Gasteiger partial charge is 0.636 e. The standard InChI is InChI=1S/C37H8BF17O2/c39-10-7-11-16(5-4-14(41)18(11)15(42)8-10)56-38(24-12-6-9-2-1-3-13(40)17(9)25(43)19(12)26(44)31(49)30(24)48)57-36-23-21(28(46)33(51)35(36)53)20-22(37(23,54)55)29(47)34(52)32(50)27(20)45/h1-8H. The lowest BCUT2D eigenvalue weighted by Gasteiger charge is -2.24. The van der Waals surface area contributed by atoms with Gasteiger partial charge in [0.2, 0.25) is 5.82 Å². The second-order valence-electron chi connectivity index (χ2n) is 12.3. The van der Waals surface area contributed by atoms with E-state index in [0.717, 1.165) is 12.1 Å². The Labute approximate surface area is 304 Å². The normalized spacial score (nSPS) is 13.1. The molecule has 0 aliphatic heterocycles. The molecule has 290 valence electrons. The first-order valence-corrected chi connectivity index (χ1v) is 15.5. The maximum Gasteiger partial charge on any atom is 0.636 e. The molecular formula is C37H8BF17O2. The quantitative estimate of drug-likeness (QED) is 0.0566. The Morgan fingerprint density at radius 2 is 1.04 bits per heavy atom. The van der Waals surface area contributed by atoms with Crippen molar-refractivity contribution < 1.29 is 83.9 Å². The van der Waals surface area contributed by atoms with Crippen LogP contribution in [0.25, 0.3) is 43.4 Å². The van der Waals surface area contributed by atoms with E-state index >= 15 is 43.9 Å². The molecule has 0 unspecified atom stereocenters. The van der Waals surface area contributed by atoms with Crippen molar-refractivity contribution >= 4 is 44.9 Å². The lowest BCUT2D eigenvalue weighted by molar-refractivity contribution is 0.0404. The van der Waals surface area contributed by atoms with Crippen LogP contribution in [0.15, 0.2) is 48.5 Å². The summed E-state index contributed by atoms with van der Waals surface area (Å²) in [6.45, 7) is 0. The Morgan fingerprint density at radius 1 is 0.439 bits per heavy atom. The fourth-order valence-corrected chi connectivity index (χ4v) is 6.83. The molecule has 8 rings (SSSR count). The first-order chi connectivity index (χ1) is 26.8. The Hall–Kier alpha value is -6.21. The Balaban J connectivity index is 1.49. The summed E-state index contributed by atoms with van der Waals surface area (Å²) >= 11 is 0. The molecule has 0 spiro atoms. The van der Waals surface area contributed by atoms with E-state index in [1.54, 1.807) is 0 Å². The molecule has 0 aromatic heterocycles. The predicted molar refractivity (Wildman–Crippen MR) is 166 cm³/mol. The molecule has 0 amide bonds. The van der Waals surface area contributed by atoms with Gasteiger partial charge in [-0.15, -0.1) is 0 Å². The van der Waals surface area contributed by atoms with Crippen LogP contribution in [0, 0.1) is 87.3 Å². The van der Waals surface area contributed by atoms with Crippen molar-refractivity contribution in [1.82, 2.24) is 0 Å². The van der Waals surface area contributed by atoms with Crippen LogP contribution in [-0.4, -0.2) is 7.12 Å². The number of rotatable bonds is 5. The zero-order chi connectivity index (χ0) is 41.3. The van der Waals surface area contributed by atoms with E-state index in [1.165, 1.54) is 0 Å². The number of hydrogen-bond donors (Lipinski definition) is 0. The van der Waals surface area contributed by atoms with Gasteiger partial charge >= 0.3 is 13.0 Å². The van der Waals surface area contributed by atoms with Gasteiger partial charge in [0.05, 0.1) is 32.7 Å². The van der Waals surface area contributed by atoms with Crippen LogP contribution in [0.1, 0.15) is 11.1 Å². The molecule has 7 aromatic rings. The van der Waals surface area contributed by atoms with Gasteiger partial charge in [-0.05, 0) is 41.1 Å². The topological polar surface area (TPSA) is 18.5 Å². The van der Waals surface area contributed by atoms with Gasteiger partial charge in [0.25, 0.3) is 0 Å². The van der Waals surface area contributed by atoms with E-state index in [2.05, 4.69) is 0 Å². The van der Waals surface area contributed by atoms with Gasteiger partial charge in [-0.25, -0.2) is 61.5 Å². The van der Waals surface area contributed by atoms with Gasteiger partial charge in [0.15, 0.2) is 58.1 Å². The third-order valence-electron chi connectivity index (χ3n) is 9.25. The summed E-state index contributed by atoms with van der Waals surface area (Å²) in [5.74, 6) is -44.3. The number of hydrogen-bond acceptors (Lipinski definition) is 2. The maximum absolute atomic E-state index is 16.1. The molecule has 20 heteroatoms. The molecule has 7 aromatic carbocycles. The van der Waals surface area contributed by atoms with Crippen LogP contribution in [0.5, 0.6) is 11.5 Å². The molecule has 0 atom stereocenters. The van der Waals surface area contributed by atoms with E-state index in [1.807, 2.05) is 0 Å². The summed E-state index contributed by atoms with van der Waals surface area (Å²) in [6.07, 6.45) is 0. The molecule has 0 radical (unpaired) electrons. The molecule has 0 N–H and O–H groups in total. The van der Waals surface area contributed by atoms with Crippen molar-refractivity contribution in [1.29, 1.82) is 0 Å². The highest BCUT2D eigenvalue weighted by atomic mass is 19.3. The Morgan fingerprint density at radius 3 is 1.72 bits per heavy atom. The van der Waals surface area contributed by atoms with Crippen LogP contribution in [0.2, 0.25) is 0 Å². The van der Waals surface area contributed by atoms with Crippen LogP contribution < -0.4 is 14.8 Å². The molecule has 1 aliphatic rings. The van der Waals surface area contributed by atoms with Crippen molar-refractivity contribution in [2.75, 3.05) is 0 Å². The molecule has 0 fully saturated rings. The second kappa shape index (κ2) is 12.7. The average molecular weight is 818 g/mol. The number of alkyl halides is 2. The van der Waals surface area contributed by atoms with Crippen molar-refractivity contribution in [3.8, 4) is 22.6 Å². The van der Waals surface area contributed by atoms with Gasteiger partial charge in [-0.1, -0.05) is 12.1 Å². The third kappa shape index (κ3) is 5.14. The van der Waals surface area contributed by atoms with E-state index in [-0.39, 0.29) is 6.07 Å². The first-order valence-electron chi connectivity index (χ1n) is 15.5. The molecule has 0 bridgehead atoms. The molecule has 2 nitrogen and oxygen atoms in total. The number of benzene rings is 7. The molecular weight excluding hydrogens is 810 g/mol. The van der Waals surface area contributed by atoms with Crippen molar-refractivity contribution in [2.24, 2.45) is 0 Å². The highest BCUT2D eigenvalue weighted by molar-refractivity contribution is 6.66. The summed E-state index contributed by atoms with van der Waals surface area (Å²) in [4.78, 5) is 0. The molecule has 0 saturated heterocycles. The van der Waals surface area contributed by atoms with Gasteiger partial charge in [-0.2, -0.15) is 13.2 Å². The highest BCUT2D eigenvalue weighted by Gasteiger charge is 2.56. The fourth-order valence-electron chi connectivity index (χ4n) is 6.83. The molecule has 57 heavy (non-hydrogen) atoms. The smallest absolute Gasteiger partial charge is 0.521 e. The minimum absolute atomic E-state index is 0.155. The average Bonchev–Trinajstić information content (AvgIpc) is 3.40. The summed E-state index contributed by atoms with van der Waals surface area (Å²) < 4.78 is 269. The molecule has 0 saturated carbocycles. The lowest BCUT2D eigenvalue weighted by Crippen LogP contribution is -2.46. The zero-order valence-electron chi connectivity index (χ0n) is 26.9. The minimum atomic E-state index is -5.44. The van der Waals surface area contributed by atoms with Gasteiger partial charge in [0, 0.05) is 22.6 Å². The number of fused-ring (bicyclic) bond motifs is 6. The van der Waals surface area contributed by atoms with Crippen LogP contribution in [-0.2, 0) is 5.92 Å². The first kappa shape index (κ1) is 37.7. The van der Waals surface area contributed by atoms with Crippen LogP contribution in [0.4, 0.5) is 74.6 Å². The van der Waals surface area contributed by atoms with Gasteiger partial charge in [-0.3, -0.25) is 0 Å². The summed E-state index contributed by atoms with van der Waals surface area (Å²) in [6, 6.07) is 4.44. The van der Waals surface area contributed by atoms with Crippen molar-refractivity contribution in [2.45, 2.75) is 5.92 Å². The second-order valence-corrected chi connectivity index (χ2v) is 12.3. The van der Waals surface area contributed by atoms with E-state index in [0.29, 0.717) is 30.3 Å². The highest BCUT2D eigenvalue weighted by Crippen LogP contribution is 2.58. The zero-order valence-corrected chi connectivity index (χ0v) is 26.9. The lowest BCUT2D eigenvalue weighted by atomic mass is 9.74. The van der Waals surface area contributed by atoms with E-state index in [9.17, 15) is 30.7 Å². The maximum atomic E-state index is 16.1. The van der Waals surface area contributed by atoms with E-state index < -0.39 is 172 Å². The SMILES string of the molecule is Fc1cc(F)c2c(F)ccc(OB(Oc3c(F)c(F)c(F)c4c3C(F)(F)c3c(F)c(F)c(F)c(F)c3-4)c3c(F)c(F)c(F)c4c(F)c5c(F)cccc5cc34)c2c1. The fraction of sp³-hybridized carbons (Fsp3) is 0.0270. The van der Waals surface area contributed by atoms with E-state index in [4.69, 9.17) is 9.31 Å². The van der Waals surface area contributed by atoms with Gasteiger partial charge < -0.3 is 9.31 Å². The third-order valence-corrected chi connectivity index (χ3v) is 9.25. The Bertz CT molecular complexity index is 2970.